The third kappa shape index (κ3) is 9.41. The molecule has 0 amide bonds. The lowest BCUT2D eigenvalue weighted by atomic mass is 9.96. The van der Waals surface area contributed by atoms with Crippen LogP contribution in [-0.2, 0) is 4.74 Å². The van der Waals surface area contributed by atoms with Crippen LogP contribution in [0.5, 0.6) is 0 Å². The predicted molar refractivity (Wildman–Crippen MR) is 101 cm³/mol. The van der Waals surface area contributed by atoms with Crippen LogP contribution in [-0.4, -0.2) is 30.1 Å². The van der Waals surface area contributed by atoms with Crippen molar-refractivity contribution in [2.45, 2.75) is 46.6 Å². The molecule has 7 heteroatoms. The van der Waals surface area contributed by atoms with Crippen LogP contribution >= 0.6 is 12.4 Å². The summed E-state index contributed by atoms with van der Waals surface area (Å²) in [6, 6.07) is 5.84. The highest BCUT2D eigenvalue weighted by atomic mass is 35.5. The molecule has 1 aromatic rings. The number of rotatable bonds is 10. The van der Waals surface area contributed by atoms with E-state index in [1.165, 1.54) is 24.3 Å². The van der Waals surface area contributed by atoms with E-state index in [-0.39, 0.29) is 24.7 Å². The van der Waals surface area contributed by atoms with Gasteiger partial charge in [-0.25, -0.2) is 4.79 Å². The number of esters is 1. The molecule has 1 aromatic carbocycles. The zero-order valence-corrected chi connectivity index (χ0v) is 16.2. The zero-order chi connectivity index (χ0) is 18.1. The lowest BCUT2D eigenvalue weighted by molar-refractivity contribution is -0.384. The van der Waals surface area contributed by atoms with E-state index >= 15 is 0 Å². The minimum atomic E-state index is -0.497. The number of nitro benzene ring substituents is 1. The molecule has 6 nitrogen and oxygen atoms in total. The van der Waals surface area contributed by atoms with Crippen molar-refractivity contribution in [2.24, 2.45) is 11.8 Å². The third-order valence-corrected chi connectivity index (χ3v) is 3.59. The SMILES string of the molecule is CC(C)CC(CC(C)C)NCCOC(=O)c1ccc([N+](=O)[O-])cc1.Cl. The maximum Gasteiger partial charge on any atom is 0.338 e. The van der Waals surface area contributed by atoms with Gasteiger partial charge in [0.05, 0.1) is 10.5 Å². The van der Waals surface area contributed by atoms with E-state index in [2.05, 4.69) is 33.0 Å². The molecule has 0 heterocycles. The number of benzene rings is 1. The first-order valence-corrected chi connectivity index (χ1v) is 8.44. The lowest BCUT2D eigenvalue weighted by Gasteiger charge is -2.22. The molecule has 25 heavy (non-hydrogen) atoms. The van der Waals surface area contributed by atoms with Gasteiger partial charge in [0.1, 0.15) is 6.61 Å². The van der Waals surface area contributed by atoms with Crippen LogP contribution in [0.3, 0.4) is 0 Å². The monoisotopic (exact) mass is 372 g/mol. The Kier molecular flexibility index (Phi) is 11.0. The second kappa shape index (κ2) is 11.8. The molecule has 0 aromatic heterocycles. The molecule has 142 valence electrons. The van der Waals surface area contributed by atoms with E-state index in [0.29, 0.717) is 30.0 Å². The van der Waals surface area contributed by atoms with Crippen molar-refractivity contribution in [3.8, 4) is 0 Å². The number of carbonyl (C=O) groups excluding carboxylic acids is 1. The van der Waals surface area contributed by atoms with Gasteiger partial charge in [-0.1, -0.05) is 27.7 Å². The lowest BCUT2D eigenvalue weighted by Crippen LogP contribution is -2.34. The standard InChI is InChI=1S/C18H28N2O4.ClH/c1-13(2)11-16(12-14(3)4)19-9-10-24-18(21)15-5-7-17(8-6-15)20(22)23;/h5-8,13-14,16,19H,9-12H2,1-4H3;1H. The van der Waals surface area contributed by atoms with Crippen molar-refractivity contribution in [1.29, 1.82) is 0 Å². The van der Waals surface area contributed by atoms with Gasteiger partial charge in [-0.05, 0) is 36.8 Å². The van der Waals surface area contributed by atoms with Crippen LogP contribution in [0.2, 0.25) is 0 Å². The maximum absolute atomic E-state index is 11.9. The molecule has 0 fully saturated rings. The second-order valence-electron chi connectivity index (χ2n) is 6.85. The van der Waals surface area contributed by atoms with Gasteiger partial charge in [-0.3, -0.25) is 10.1 Å². The van der Waals surface area contributed by atoms with Crippen LogP contribution in [0.15, 0.2) is 24.3 Å². The first-order chi connectivity index (χ1) is 11.3. The molecule has 0 aliphatic rings. The van der Waals surface area contributed by atoms with Gasteiger partial charge >= 0.3 is 5.97 Å². The Bertz CT molecular complexity index is 522. The van der Waals surface area contributed by atoms with Crippen LogP contribution < -0.4 is 5.32 Å². The highest BCUT2D eigenvalue weighted by Crippen LogP contribution is 2.14. The van der Waals surface area contributed by atoms with Crippen LogP contribution in [0, 0.1) is 22.0 Å². The molecule has 0 aliphatic heterocycles. The van der Waals surface area contributed by atoms with Crippen molar-refractivity contribution in [3.63, 3.8) is 0 Å². The maximum atomic E-state index is 11.9. The minimum absolute atomic E-state index is 0. The zero-order valence-electron chi connectivity index (χ0n) is 15.4. The highest BCUT2D eigenvalue weighted by molar-refractivity contribution is 5.89. The van der Waals surface area contributed by atoms with E-state index in [1.54, 1.807) is 0 Å². The number of hydrogen-bond donors (Lipinski definition) is 1. The summed E-state index contributed by atoms with van der Waals surface area (Å²) in [5.74, 6) is 0.767. The molecule has 1 rings (SSSR count). The van der Waals surface area contributed by atoms with Crippen molar-refractivity contribution >= 4 is 24.1 Å². The average molecular weight is 373 g/mol. The molecule has 0 saturated carbocycles. The Hall–Kier alpha value is -1.66. The molecule has 0 unspecified atom stereocenters. The summed E-state index contributed by atoms with van der Waals surface area (Å²) in [4.78, 5) is 22.0. The van der Waals surface area contributed by atoms with E-state index in [4.69, 9.17) is 4.74 Å². The summed E-state index contributed by atoms with van der Waals surface area (Å²) in [6.45, 7) is 9.67. The van der Waals surface area contributed by atoms with Crippen LogP contribution in [0.4, 0.5) is 5.69 Å². The predicted octanol–water partition coefficient (Wildman–Crippen LogP) is 4.22. The fourth-order valence-electron chi connectivity index (χ4n) is 2.61. The van der Waals surface area contributed by atoms with Crippen molar-refractivity contribution in [2.75, 3.05) is 13.2 Å². The summed E-state index contributed by atoms with van der Waals surface area (Å²) in [5.41, 5.74) is 0.278. The smallest absolute Gasteiger partial charge is 0.338 e. The van der Waals surface area contributed by atoms with Crippen molar-refractivity contribution in [1.82, 2.24) is 5.32 Å². The fourth-order valence-corrected chi connectivity index (χ4v) is 2.61. The van der Waals surface area contributed by atoms with Crippen molar-refractivity contribution in [3.05, 3.63) is 39.9 Å². The average Bonchev–Trinajstić information content (AvgIpc) is 2.50. The molecule has 0 aliphatic carbocycles. The van der Waals surface area contributed by atoms with Crippen LogP contribution in [0.1, 0.15) is 50.9 Å². The Morgan fingerprint density at radius 2 is 1.64 bits per heavy atom. The van der Waals surface area contributed by atoms with E-state index in [9.17, 15) is 14.9 Å². The Morgan fingerprint density at radius 1 is 1.12 bits per heavy atom. The fraction of sp³-hybridized carbons (Fsp3) is 0.611. The first kappa shape index (κ1) is 23.3. The number of carbonyl (C=O) groups is 1. The second-order valence-corrected chi connectivity index (χ2v) is 6.85. The number of nitrogens with zero attached hydrogens (tertiary/aromatic N) is 1. The molecule has 0 saturated heterocycles. The van der Waals surface area contributed by atoms with Gasteiger partial charge in [0.25, 0.3) is 5.69 Å². The number of nitrogens with one attached hydrogen (secondary N) is 1. The number of nitro groups is 1. The Morgan fingerprint density at radius 3 is 2.08 bits per heavy atom. The summed E-state index contributed by atoms with van der Waals surface area (Å²) in [7, 11) is 0. The third-order valence-electron chi connectivity index (χ3n) is 3.59. The Balaban J connectivity index is 0.00000576. The number of non-ortho nitro benzene ring substituents is 1. The number of ether oxygens (including phenoxy) is 1. The van der Waals surface area contributed by atoms with Crippen LogP contribution in [0.25, 0.3) is 0 Å². The quantitative estimate of drug-likeness (QED) is 0.288. The summed E-state index contributed by atoms with van der Waals surface area (Å²) >= 11 is 0. The molecule has 0 spiro atoms. The van der Waals surface area contributed by atoms with Gasteiger partial charge < -0.3 is 10.1 Å². The van der Waals surface area contributed by atoms with E-state index in [0.717, 1.165) is 12.8 Å². The summed E-state index contributed by atoms with van der Waals surface area (Å²) in [5, 5.41) is 14.0. The van der Waals surface area contributed by atoms with Crippen molar-refractivity contribution < 1.29 is 14.5 Å². The van der Waals surface area contributed by atoms with Gasteiger partial charge in [0.2, 0.25) is 0 Å². The Labute approximate surface area is 155 Å². The topological polar surface area (TPSA) is 81.5 Å². The molecule has 0 radical (unpaired) electrons. The summed E-state index contributed by atoms with van der Waals surface area (Å²) in [6.07, 6.45) is 2.18. The van der Waals surface area contributed by atoms with Gasteiger partial charge in [0, 0.05) is 24.7 Å². The first-order valence-electron chi connectivity index (χ1n) is 8.44. The van der Waals surface area contributed by atoms with Gasteiger partial charge in [-0.2, -0.15) is 0 Å². The largest absolute Gasteiger partial charge is 0.461 e. The molecule has 1 N–H and O–H groups in total. The summed E-state index contributed by atoms with van der Waals surface area (Å²) < 4.78 is 5.22. The minimum Gasteiger partial charge on any atom is -0.461 e. The highest BCUT2D eigenvalue weighted by Gasteiger charge is 2.13. The number of halogens is 1. The van der Waals surface area contributed by atoms with E-state index < -0.39 is 10.9 Å². The van der Waals surface area contributed by atoms with E-state index in [1.807, 2.05) is 0 Å². The van der Waals surface area contributed by atoms with Gasteiger partial charge in [-0.15, -0.1) is 12.4 Å². The normalized spacial score (nSPS) is 10.8. The number of hydrogen-bond acceptors (Lipinski definition) is 5. The molecule has 0 bridgehead atoms. The molecule has 0 atom stereocenters. The molecular weight excluding hydrogens is 344 g/mol. The molecular formula is C18H29ClN2O4. The van der Waals surface area contributed by atoms with Gasteiger partial charge in [0.15, 0.2) is 0 Å².